The minimum atomic E-state index is 0.110. The smallest absolute Gasteiger partial charge is 0.203 e. The molecule has 8 nitrogen and oxygen atoms in total. The highest BCUT2D eigenvalue weighted by Gasteiger charge is 2.26. The molecule has 0 atom stereocenters. The third-order valence-corrected chi connectivity index (χ3v) is 5.10. The number of fused-ring (bicyclic) bond motifs is 1. The zero-order valence-electron chi connectivity index (χ0n) is 17.6. The van der Waals surface area contributed by atoms with Gasteiger partial charge in [0.2, 0.25) is 5.75 Å². The molecule has 0 amide bonds. The van der Waals surface area contributed by atoms with E-state index in [1.807, 2.05) is 43.3 Å². The van der Waals surface area contributed by atoms with E-state index < -0.39 is 0 Å². The van der Waals surface area contributed by atoms with Crippen LogP contribution in [0.1, 0.15) is 11.3 Å². The standard InChI is InChI=1S/C23H21N5O3/c1-13-18-19(15-10-11-17(29-2)21(31-4)20(15)30-3)16(12-24)22(25)26-23(18)28(27-13)14-8-6-5-7-9-14/h5-11H,1-4H3,(H2,25,26). The maximum Gasteiger partial charge on any atom is 0.203 e. The number of ether oxygens (including phenoxy) is 3. The van der Waals surface area contributed by atoms with E-state index in [4.69, 9.17) is 19.9 Å². The summed E-state index contributed by atoms with van der Waals surface area (Å²) >= 11 is 0. The van der Waals surface area contributed by atoms with Crippen LogP contribution in [0.5, 0.6) is 17.2 Å². The molecule has 4 aromatic rings. The monoisotopic (exact) mass is 415 g/mol. The Kier molecular flexibility index (Phi) is 5.09. The molecule has 0 aliphatic carbocycles. The minimum absolute atomic E-state index is 0.110. The molecule has 0 spiro atoms. The van der Waals surface area contributed by atoms with Crippen molar-refractivity contribution >= 4 is 16.9 Å². The quantitative estimate of drug-likeness (QED) is 0.527. The van der Waals surface area contributed by atoms with Crippen LogP contribution in [-0.4, -0.2) is 36.1 Å². The number of benzene rings is 2. The molecule has 0 aliphatic heterocycles. The maximum absolute atomic E-state index is 9.93. The summed E-state index contributed by atoms with van der Waals surface area (Å²) in [6, 6.07) is 15.4. The summed E-state index contributed by atoms with van der Waals surface area (Å²) in [4.78, 5) is 4.52. The summed E-state index contributed by atoms with van der Waals surface area (Å²) in [5.74, 6) is 1.47. The third-order valence-electron chi connectivity index (χ3n) is 5.10. The second-order valence-electron chi connectivity index (χ2n) is 6.77. The Labute approximate surface area is 179 Å². The van der Waals surface area contributed by atoms with E-state index in [2.05, 4.69) is 16.2 Å². The number of methoxy groups -OCH3 is 3. The van der Waals surface area contributed by atoms with Crippen molar-refractivity contribution in [1.29, 1.82) is 5.26 Å². The maximum atomic E-state index is 9.93. The summed E-state index contributed by atoms with van der Waals surface area (Å²) in [5, 5.41) is 15.3. The van der Waals surface area contributed by atoms with Crippen LogP contribution in [0.2, 0.25) is 0 Å². The zero-order chi connectivity index (χ0) is 22.1. The lowest BCUT2D eigenvalue weighted by atomic mass is 9.95. The van der Waals surface area contributed by atoms with Gasteiger partial charge >= 0.3 is 0 Å². The highest BCUT2D eigenvalue weighted by molar-refractivity contribution is 6.02. The van der Waals surface area contributed by atoms with Crippen LogP contribution in [0.3, 0.4) is 0 Å². The number of nitriles is 1. The van der Waals surface area contributed by atoms with Crippen molar-refractivity contribution in [3.63, 3.8) is 0 Å². The molecule has 0 unspecified atom stereocenters. The fourth-order valence-electron chi connectivity index (χ4n) is 3.76. The number of anilines is 1. The Balaban J connectivity index is 2.15. The van der Waals surface area contributed by atoms with Gasteiger partial charge in [-0.15, -0.1) is 0 Å². The number of nitrogens with zero attached hydrogens (tertiary/aromatic N) is 4. The molecule has 156 valence electrons. The fraction of sp³-hybridized carbons (Fsp3) is 0.174. The van der Waals surface area contributed by atoms with Gasteiger partial charge in [0.05, 0.1) is 38.1 Å². The fourth-order valence-corrected chi connectivity index (χ4v) is 3.76. The van der Waals surface area contributed by atoms with Crippen LogP contribution >= 0.6 is 0 Å². The Morgan fingerprint density at radius 3 is 2.29 bits per heavy atom. The third kappa shape index (κ3) is 3.07. The lowest BCUT2D eigenvalue weighted by Crippen LogP contribution is -2.04. The van der Waals surface area contributed by atoms with Crippen molar-refractivity contribution in [2.45, 2.75) is 6.92 Å². The van der Waals surface area contributed by atoms with E-state index >= 15 is 0 Å². The first-order chi connectivity index (χ1) is 15.0. The van der Waals surface area contributed by atoms with Gasteiger partial charge in [-0.05, 0) is 31.2 Å². The van der Waals surface area contributed by atoms with Gasteiger partial charge in [0, 0.05) is 11.1 Å². The van der Waals surface area contributed by atoms with Crippen LogP contribution in [0.4, 0.5) is 5.82 Å². The van der Waals surface area contributed by atoms with E-state index in [0.29, 0.717) is 45.1 Å². The van der Waals surface area contributed by atoms with Gasteiger partial charge in [-0.2, -0.15) is 10.4 Å². The van der Waals surface area contributed by atoms with Crippen molar-refractivity contribution in [2.24, 2.45) is 0 Å². The number of aromatic nitrogens is 3. The molecular weight excluding hydrogens is 394 g/mol. The normalized spacial score (nSPS) is 10.7. The van der Waals surface area contributed by atoms with Gasteiger partial charge in [0.15, 0.2) is 17.1 Å². The van der Waals surface area contributed by atoms with Gasteiger partial charge in [-0.3, -0.25) is 0 Å². The van der Waals surface area contributed by atoms with Crippen molar-refractivity contribution in [2.75, 3.05) is 27.1 Å². The van der Waals surface area contributed by atoms with Gasteiger partial charge in [0.1, 0.15) is 17.5 Å². The number of para-hydroxylation sites is 1. The average Bonchev–Trinajstić information content (AvgIpc) is 3.13. The first-order valence-electron chi connectivity index (χ1n) is 9.49. The van der Waals surface area contributed by atoms with E-state index in [1.165, 1.54) is 14.2 Å². The average molecular weight is 415 g/mol. The van der Waals surface area contributed by atoms with Gasteiger partial charge in [-0.25, -0.2) is 9.67 Å². The highest BCUT2D eigenvalue weighted by atomic mass is 16.5. The highest BCUT2D eigenvalue weighted by Crippen LogP contribution is 2.47. The molecule has 4 rings (SSSR count). The van der Waals surface area contributed by atoms with Crippen molar-refractivity contribution < 1.29 is 14.2 Å². The first kappa shape index (κ1) is 20.0. The number of nitrogens with two attached hydrogens (primary N) is 1. The first-order valence-corrected chi connectivity index (χ1v) is 9.49. The van der Waals surface area contributed by atoms with E-state index in [0.717, 1.165) is 5.69 Å². The molecule has 0 saturated carbocycles. The van der Waals surface area contributed by atoms with Gasteiger partial charge < -0.3 is 19.9 Å². The molecular formula is C23H21N5O3. The number of hydrogen-bond acceptors (Lipinski definition) is 7. The SMILES string of the molecule is COc1ccc(-c2c(C#N)c(N)nc3c2c(C)nn3-c2ccccc2)c(OC)c1OC. The largest absolute Gasteiger partial charge is 0.493 e. The van der Waals surface area contributed by atoms with Crippen LogP contribution in [0.15, 0.2) is 42.5 Å². The molecule has 2 N–H and O–H groups in total. The van der Waals surface area contributed by atoms with Gasteiger partial charge in [0.25, 0.3) is 0 Å². The van der Waals surface area contributed by atoms with Crippen molar-refractivity contribution in [3.8, 4) is 40.1 Å². The number of hydrogen-bond donors (Lipinski definition) is 1. The summed E-state index contributed by atoms with van der Waals surface area (Å²) in [5.41, 5.74) is 9.79. The minimum Gasteiger partial charge on any atom is -0.493 e. The van der Waals surface area contributed by atoms with Crippen molar-refractivity contribution in [1.82, 2.24) is 14.8 Å². The molecule has 2 heterocycles. The summed E-state index contributed by atoms with van der Waals surface area (Å²) in [6.45, 7) is 1.87. The second-order valence-corrected chi connectivity index (χ2v) is 6.77. The molecule has 0 fully saturated rings. The van der Waals surface area contributed by atoms with E-state index in [9.17, 15) is 5.26 Å². The van der Waals surface area contributed by atoms with Crippen LogP contribution in [0.25, 0.3) is 27.8 Å². The Morgan fingerprint density at radius 1 is 0.968 bits per heavy atom. The molecule has 2 aromatic heterocycles. The molecule has 0 bridgehead atoms. The Morgan fingerprint density at radius 2 is 1.68 bits per heavy atom. The molecule has 0 aliphatic rings. The predicted molar refractivity (Wildman–Crippen MR) is 118 cm³/mol. The molecule has 0 radical (unpaired) electrons. The summed E-state index contributed by atoms with van der Waals surface area (Å²) < 4.78 is 18.3. The van der Waals surface area contributed by atoms with Crippen LogP contribution < -0.4 is 19.9 Å². The molecule has 31 heavy (non-hydrogen) atoms. The number of rotatable bonds is 5. The second kappa shape index (κ2) is 7.88. The molecule has 2 aromatic carbocycles. The number of nitrogen functional groups attached to an aromatic ring is 1. The summed E-state index contributed by atoms with van der Waals surface area (Å²) in [6.07, 6.45) is 0. The van der Waals surface area contributed by atoms with Crippen molar-refractivity contribution in [3.05, 3.63) is 53.7 Å². The Hall–Kier alpha value is -4.25. The Bertz CT molecular complexity index is 1320. The number of pyridine rings is 1. The van der Waals surface area contributed by atoms with Gasteiger partial charge in [-0.1, -0.05) is 18.2 Å². The molecule has 8 heteroatoms. The summed E-state index contributed by atoms with van der Waals surface area (Å²) in [7, 11) is 4.62. The zero-order valence-corrected chi connectivity index (χ0v) is 17.6. The van der Waals surface area contributed by atoms with Crippen LogP contribution in [-0.2, 0) is 0 Å². The number of aryl methyl sites for hydroxylation is 1. The predicted octanol–water partition coefficient (Wildman–Crippen LogP) is 3.88. The topological polar surface area (TPSA) is 108 Å². The van der Waals surface area contributed by atoms with E-state index in [-0.39, 0.29) is 11.4 Å². The molecule has 0 saturated heterocycles. The van der Waals surface area contributed by atoms with Crippen LogP contribution in [0, 0.1) is 18.3 Å². The van der Waals surface area contributed by atoms with E-state index in [1.54, 1.807) is 17.9 Å². The lowest BCUT2D eigenvalue weighted by molar-refractivity contribution is 0.325. The lowest BCUT2D eigenvalue weighted by Gasteiger charge is -2.17.